The van der Waals surface area contributed by atoms with Crippen LogP contribution in [0.4, 0.5) is 10.8 Å². The molecular weight excluding hydrogens is 392 g/mol. The van der Waals surface area contributed by atoms with Crippen LogP contribution >= 0.6 is 23.1 Å². The topological polar surface area (TPSA) is 74.7 Å². The Hall–Kier alpha value is -2.71. The molecule has 1 aliphatic rings. The van der Waals surface area contributed by atoms with Crippen LogP contribution < -0.4 is 5.32 Å². The Morgan fingerprint density at radius 2 is 1.96 bits per heavy atom. The number of aryl methyl sites for hydroxylation is 1. The van der Waals surface area contributed by atoms with Crippen molar-refractivity contribution in [2.75, 3.05) is 12.4 Å². The van der Waals surface area contributed by atoms with Gasteiger partial charge in [-0.15, -0.1) is 0 Å². The first kappa shape index (κ1) is 18.6. The van der Waals surface area contributed by atoms with Crippen LogP contribution in [0, 0.1) is 6.92 Å². The molecule has 3 aromatic rings. The number of carbonyl (C=O) groups is 2. The van der Waals surface area contributed by atoms with E-state index in [1.807, 2.05) is 55.5 Å². The molecule has 0 saturated carbocycles. The van der Waals surface area contributed by atoms with Crippen LogP contribution in [0.15, 0.2) is 53.5 Å². The standard InChI is InChI=1S/C20H18N4O2S2/c1-12-7-9-13(10-8-12)21-17(25)11-16-18(26)24(2)20(28-16)23-19-22-14-5-3-4-6-15(14)27-19/h3-10,16H,11H2,1-2H3,(H,21,25)/t16-/m0/s1. The minimum absolute atomic E-state index is 0.0978. The average Bonchev–Trinajstić information content (AvgIpc) is 3.20. The van der Waals surface area contributed by atoms with Crippen molar-refractivity contribution in [2.24, 2.45) is 4.99 Å². The number of hydrogen-bond acceptors (Lipinski definition) is 6. The summed E-state index contributed by atoms with van der Waals surface area (Å²) in [6.45, 7) is 1.99. The van der Waals surface area contributed by atoms with Gasteiger partial charge < -0.3 is 5.32 Å². The summed E-state index contributed by atoms with van der Waals surface area (Å²) in [5.74, 6) is -0.312. The van der Waals surface area contributed by atoms with E-state index < -0.39 is 5.25 Å². The Bertz CT molecular complexity index is 1040. The zero-order valence-corrected chi connectivity index (χ0v) is 17.0. The Balaban J connectivity index is 1.45. The molecule has 1 aliphatic heterocycles. The molecule has 1 saturated heterocycles. The molecular formula is C20H18N4O2S2. The van der Waals surface area contributed by atoms with Crippen LogP contribution in [-0.4, -0.2) is 39.2 Å². The number of nitrogens with zero attached hydrogens (tertiary/aromatic N) is 3. The Kier molecular flexibility index (Phi) is 5.15. The van der Waals surface area contributed by atoms with Crippen molar-refractivity contribution in [1.82, 2.24) is 9.88 Å². The third-order valence-corrected chi connectivity index (χ3v) is 6.48. The number of nitrogens with one attached hydrogen (secondary N) is 1. The van der Waals surface area contributed by atoms with Crippen molar-refractivity contribution < 1.29 is 9.59 Å². The molecule has 1 fully saturated rings. The molecule has 0 aliphatic carbocycles. The van der Waals surface area contributed by atoms with Gasteiger partial charge in [-0.3, -0.25) is 14.5 Å². The van der Waals surface area contributed by atoms with E-state index in [4.69, 9.17) is 0 Å². The molecule has 28 heavy (non-hydrogen) atoms. The second-order valence-electron chi connectivity index (χ2n) is 6.48. The molecule has 0 radical (unpaired) electrons. The normalized spacial score (nSPS) is 18.2. The van der Waals surface area contributed by atoms with E-state index in [-0.39, 0.29) is 18.2 Å². The van der Waals surface area contributed by atoms with Gasteiger partial charge in [0, 0.05) is 19.2 Å². The fourth-order valence-electron chi connectivity index (χ4n) is 2.80. The van der Waals surface area contributed by atoms with E-state index in [1.54, 1.807) is 7.05 Å². The molecule has 6 nitrogen and oxygen atoms in total. The molecule has 1 aromatic heterocycles. The number of rotatable bonds is 4. The molecule has 8 heteroatoms. The zero-order chi connectivity index (χ0) is 19.7. The third kappa shape index (κ3) is 3.93. The fourth-order valence-corrected chi connectivity index (χ4v) is 4.84. The van der Waals surface area contributed by atoms with Gasteiger partial charge in [-0.25, -0.2) is 4.98 Å². The summed E-state index contributed by atoms with van der Waals surface area (Å²) in [5, 5.41) is 3.53. The summed E-state index contributed by atoms with van der Waals surface area (Å²) in [4.78, 5) is 35.4. The molecule has 0 bridgehead atoms. The van der Waals surface area contributed by atoms with Crippen molar-refractivity contribution in [3.63, 3.8) is 0 Å². The number of amidine groups is 1. The summed E-state index contributed by atoms with van der Waals surface area (Å²) >= 11 is 2.78. The second-order valence-corrected chi connectivity index (χ2v) is 8.66. The number of aromatic nitrogens is 1. The van der Waals surface area contributed by atoms with Crippen LogP contribution in [0.2, 0.25) is 0 Å². The van der Waals surface area contributed by atoms with E-state index in [0.29, 0.717) is 10.3 Å². The van der Waals surface area contributed by atoms with Crippen molar-refractivity contribution >= 4 is 61.1 Å². The number of amides is 2. The highest BCUT2D eigenvalue weighted by molar-refractivity contribution is 8.15. The quantitative estimate of drug-likeness (QED) is 0.700. The lowest BCUT2D eigenvalue weighted by molar-refractivity contribution is -0.127. The minimum atomic E-state index is -0.483. The lowest BCUT2D eigenvalue weighted by Crippen LogP contribution is -2.30. The number of carbonyl (C=O) groups excluding carboxylic acids is 2. The smallest absolute Gasteiger partial charge is 0.242 e. The van der Waals surface area contributed by atoms with Crippen molar-refractivity contribution in [3.8, 4) is 0 Å². The summed E-state index contributed by atoms with van der Waals surface area (Å²) in [6.07, 6.45) is 0.0978. The predicted molar refractivity (Wildman–Crippen MR) is 115 cm³/mol. The summed E-state index contributed by atoms with van der Waals surface area (Å²) in [6, 6.07) is 15.4. The van der Waals surface area contributed by atoms with Gasteiger partial charge in [0.25, 0.3) is 0 Å². The summed E-state index contributed by atoms with van der Waals surface area (Å²) in [7, 11) is 1.68. The average molecular weight is 411 g/mol. The SMILES string of the molecule is Cc1ccc(NC(=O)C[C@@H]2SC(=Nc3nc4ccccc4s3)N(C)C2=O)cc1. The minimum Gasteiger partial charge on any atom is -0.326 e. The first-order valence-corrected chi connectivity index (χ1v) is 10.4. The first-order chi connectivity index (χ1) is 13.5. The van der Waals surface area contributed by atoms with Gasteiger partial charge in [-0.05, 0) is 31.2 Å². The molecule has 142 valence electrons. The number of para-hydroxylation sites is 1. The van der Waals surface area contributed by atoms with E-state index in [9.17, 15) is 9.59 Å². The second kappa shape index (κ2) is 7.73. The number of fused-ring (bicyclic) bond motifs is 1. The zero-order valence-electron chi connectivity index (χ0n) is 15.4. The highest BCUT2D eigenvalue weighted by Crippen LogP contribution is 2.33. The number of benzene rings is 2. The molecule has 2 aromatic carbocycles. The summed E-state index contributed by atoms with van der Waals surface area (Å²) < 4.78 is 1.05. The molecule has 0 unspecified atom stereocenters. The number of thiazole rings is 1. The highest BCUT2D eigenvalue weighted by atomic mass is 32.2. The van der Waals surface area contributed by atoms with Crippen LogP contribution in [0.1, 0.15) is 12.0 Å². The largest absolute Gasteiger partial charge is 0.326 e. The summed E-state index contributed by atoms with van der Waals surface area (Å²) in [5.41, 5.74) is 2.73. The van der Waals surface area contributed by atoms with Crippen molar-refractivity contribution in [2.45, 2.75) is 18.6 Å². The monoisotopic (exact) mass is 410 g/mol. The van der Waals surface area contributed by atoms with E-state index in [2.05, 4.69) is 15.3 Å². The lowest BCUT2D eigenvalue weighted by Gasteiger charge is -2.09. The van der Waals surface area contributed by atoms with Crippen LogP contribution in [0.5, 0.6) is 0 Å². The van der Waals surface area contributed by atoms with Gasteiger partial charge in [0.2, 0.25) is 16.9 Å². The number of thioether (sulfide) groups is 1. The van der Waals surface area contributed by atoms with Gasteiger partial charge in [0.15, 0.2) is 5.17 Å². The maximum atomic E-state index is 12.5. The Morgan fingerprint density at radius 3 is 2.71 bits per heavy atom. The Morgan fingerprint density at radius 1 is 1.21 bits per heavy atom. The van der Waals surface area contributed by atoms with E-state index in [0.717, 1.165) is 21.5 Å². The molecule has 0 spiro atoms. The van der Waals surface area contributed by atoms with Crippen LogP contribution in [-0.2, 0) is 9.59 Å². The van der Waals surface area contributed by atoms with Gasteiger partial charge in [-0.2, -0.15) is 4.99 Å². The fraction of sp³-hybridized carbons (Fsp3) is 0.200. The van der Waals surface area contributed by atoms with Gasteiger partial charge in [0.05, 0.1) is 10.2 Å². The van der Waals surface area contributed by atoms with E-state index in [1.165, 1.54) is 28.0 Å². The molecule has 2 amide bonds. The molecule has 2 heterocycles. The van der Waals surface area contributed by atoms with E-state index >= 15 is 0 Å². The van der Waals surface area contributed by atoms with Gasteiger partial charge in [0.1, 0.15) is 5.25 Å². The third-order valence-electron chi connectivity index (χ3n) is 4.32. The van der Waals surface area contributed by atoms with Crippen LogP contribution in [0.3, 0.4) is 0 Å². The maximum Gasteiger partial charge on any atom is 0.242 e. The Labute approximate surface area is 170 Å². The molecule has 4 rings (SSSR count). The van der Waals surface area contributed by atoms with Gasteiger partial charge >= 0.3 is 0 Å². The number of anilines is 1. The highest BCUT2D eigenvalue weighted by Gasteiger charge is 2.37. The maximum absolute atomic E-state index is 12.5. The molecule has 1 N–H and O–H groups in total. The number of hydrogen-bond donors (Lipinski definition) is 1. The predicted octanol–water partition coefficient (Wildman–Crippen LogP) is 4.19. The first-order valence-electron chi connectivity index (χ1n) is 8.74. The number of aliphatic imine (C=N–C) groups is 1. The van der Waals surface area contributed by atoms with Crippen molar-refractivity contribution in [3.05, 3.63) is 54.1 Å². The van der Waals surface area contributed by atoms with Crippen LogP contribution in [0.25, 0.3) is 10.2 Å². The van der Waals surface area contributed by atoms with Crippen molar-refractivity contribution in [1.29, 1.82) is 0 Å². The van der Waals surface area contributed by atoms with Gasteiger partial charge in [-0.1, -0.05) is 52.9 Å². The lowest BCUT2D eigenvalue weighted by atomic mass is 10.2. The molecule has 1 atom stereocenters.